The van der Waals surface area contributed by atoms with Crippen molar-refractivity contribution in [1.82, 2.24) is 10.2 Å². The summed E-state index contributed by atoms with van der Waals surface area (Å²) in [4.78, 5) is 29.0. The van der Waals surface area contributed by atoms with Crippen molar-refractivity contribution in [2.45, 2.75) is 30.3 Å². The lowest BCUT2D eigenvalue weighted by Gasteiger charge is -2.31. The SMILES string of the molecule is CNC(=O)C(Cc1ccccc1)N(Cc1ccc(Cl)c(Cl)c1)C(=O)CCSc1ccc(Cl)cc1. The Bertz CT molecular complexity index is 1110. The topological polar surface area (TPSA) is 49.4 Å². The maximum atomic E-state index is 13.4. The van der Waals surface area contributed by atoms with E-state index in [2.05, 4.69) is 5.32 Å². The minimum absolute atomic E-state index is 0.114. The van der Waals surface area contributed by atoms with Crippen LogP contribution >= 0.6 is 46.6 Å². The molecule has 0 aliphatic rings. The third-order valence-electron chi connectivity index (χ3n) is 5.25. The Morgan fingerprint density at radius 1 is 0.912 bits per heavy atom. The molecule has 0 bridgehead atoms. The van der Waals surface area contributed by atoms with Crippen molar-refractivity contribution in [3.05, 3.63) is 99.0 Å². The maximum Gasteiger partial charge on any atom is 0.242 e. The van der Waals surface area contributed by atoms with Crippen LogP contribution in [0.5, 0.6) is 0 Å². The third kappa shape index (κ3) is 7.67. The van der Waals surface area contributed by atoms with E-state index in [0.29, 0.717) is 27.2 Å². The zero-order chi connectivity index (χ0) is 24.5. The first-order chi connectivity index (χ1) is 16.4. The van der Waals surface area contributed by atoms with Crippen LogP contribution in [-0.2, 0) is 22.6 Å². The van der Waals surface area contributed by atoms with Crippen LogP contribution < -0.4 is 5.32 Å². The summed E-state index contributed by atoms with van der Waals surface area (Å²) in [5.74, 6) is 0.240. The fourth-order valence-electron chi connectivity index (χ4n) is 3.49. The molecule has 0 aliphatic carbocycles. The number of rotatable bonds is 10. The predicted molar refractivity (Wildman–Crippen MR) is 142 cm³/mol. The van der Waals surface area contributed by atoms with Crippen LogP contribution in [0.2, 0.25) is 15.1 Å². The monoisotopic (exact) mass is 534 g/mol. The molecule has 4 nitrogen and oxygen atoms in total. The van der Waals surface area contributed by atoms with Crippen LogP contribution in [0, 0.1) is 0 Å². The van der Waals surface area contributed by atoms with E-state index in [9.17, 15) is 9.59 Å². The van der Waals surface area contributed by atoms with Crippen molar-refractivity contribution in [2.24, 2.45) is 0 Å². The maximum absolute atomic E-state index is 13.4. The van der Waals surface area contributed by atoms with Gasteiger partial charge >= 0.3 is 0 Å². The van der Waals surface area contributed by atoms with Crippen molar-refractivity contribution >= 4 is 58.4 Å². The fourth-order valence-corrected chi connectivity index (χ4v) is 4.77. The molecule has 178 valence electrons. The Morgan fingerprint density at radius 2 is 1.62 bits per heavy atom. The van der Waals surface area contributed by atoms with Gasteiger partial charge in [-0.1, -0.05) is 71.2 Å². The molecule has 0 aromatic heterocycles. The second-order valence-corrected chi connectivity index (χ2v) is 10.1. The highest BCUT2D eigenvalue weighted by Crippen LogP contribution is 2.25. The van der Waals surface area contributed by atoms with Gasteiger partial charge in [-0.15, -0.1) is 11.8 Å². The van der Waals surface area contributed by atoms with E-state index < -0.39 is 6.04 Å². The number of nitrogens with one attached hydrogen (secondary N) is 1. The van der Waals surface area contributed by atoms with E-state index in [1.54, 1.807) is 35.8 Å². The van der Waals surface area contributed by atoms with E-state index >= 15 is 0 Å². The van der Waals surface area contributed by atoms with Gasteiger partial charge < -0.3 is 10.2 Å². The lowest BCUT2D eigenvalue weighted by Crippen LogP contribution is -2.49. The summed E-state index contributed by atoms with van der Waals surface area (Å²) in [5, 5.41) is 4.23. The number of likely N-dealkylation sites (N-methyl/N-ethyl adjacent to an activating group) is 1. The molecule has 3 rings (SSSR count). The van der Waals surface area contributed by atoms with Crippen molar-refractivity contribution in [3.63, 3.8) is 0 Å². The second kappa shape index (κ2) is 13.1. The number of carbonyl (C=O) groups excluding carboxylic acids is 2. The third-order valence-corrected chi connectivity index (χ3v) is 7.26. The number of nitrogens with zero attached hydrogens (tertiary/aromatic N) is 1. The number of carbonyl (C=O) groups is 2. The predicted octanol–water partition coefficient (Wildman–Crippen LogP) is 6.52. The molecule has 1 atom stereocenters. The van der Waals surface area contributed by atoms with E-state index in [1.807, 2.05) is 60.7 Å². The van der Waals surface area contributed by atoms with E-state index in [-0.39, 0.29) is 24.8 Å². The van der Waals surface area contributed by atoms with Crippen LogP contribution in [0.3, 0.4) is 0 Å². The van der Waals surface area contributed by atoms with Gasteiger partial charge in [-0.3, -0.25) is 9.59 Å². The summed E-state index contributed by atoms with van der Waals surface area (Å²) in [6.07, 6.45) is 0.675. The van der Waals surface area contributed by atoms with Crippen LogP contribution in [0.15, 0.2) is 77.7 Å². The first-order valence-corrected chi connectivity index (χ1v) is 12.9. The smallest absolute Gasteiger partial charge is 0.242 e. The lowest BCUT2D eigenvalue weighted by atomic mass is 10.0. The first-order valence-electron chi connectivity index (χ1n) is 10.7. The van der Waals surface area contributed by atoms with Gasteiger partial charge in [0.1, 0.15) is 6.04 Å². The molecule has 1 N–H and O–H groups in total. The van der Waals surface area contributed by atoms with Crippen LogP contribution in [0.25, 0.3) is 0 Å². The average molecular weight is 536 g/mol. The molecule has 2 amide bonds. The molecule has 0 radical (unpaired) electrons. The highest BCUT2D eigenvalue weighted by atomic mass is 35.5. The normalized spacial score (nSPS) is 11.6. The molecular formula is C26H25Cl3N2O2S. The summed E-state index contributed by atoms with van der Waals surface area (Å²) in [6, 6.07) is 21.7. The quantitative estimate of drug-likeness (QED) is 0.301. The highest BCUT2D eigenvalue weighted by molar-refractivity contribution is 7.99. The molecule has 0 aliphatic heterocycles. The Kier molecular flexibility index (Phi) is 10.1. The van der Waals surface area contributed by atoms with E-state index in [4.69, 9.17) is 34.8 Å². The number of amides is 2. The molecule has 1 unspecified atom stereocenters. The number of hydrogen-bond acceptors (Lipinski definition) is 3. The van der Waals surface area contributed by atoms with Crippen LogP contribution in [-0.4, -0.2) is 35.6 Å². The average Bonchev–Trinajstić information content (AvgIpc) is 2.84. The van der Waals surface area contributed by atoms with E-state index in [0.717, 1.165) is 16.0 Å². The fraction of sp³-hybridized carbons (Fsp3) is 0.231. The zero-order valence-corrected chi connectivity index (χ0v) is 21.7. The molecule has 0 saturated heterocycles. The number of halogens is 3. The molecular weight excluding hydrogens is 511 g/mol. The van der Waals surface area contributed by atoms with Gasteiger partial charge in [0.25, 0.3) is 0 Å². The standard InChI is InChI=1S/C26H25Cl3N2O2S/c1-30-26(33)24(16-18-5-3-2-4-6-18)31(17-19-7-12-22(28)23(29)15-19)25(32)13-14-34-21-10-8-20(27)9-11-21/h2-12,15,24H,13-14,16-17H2,1H3,(H,30,33). The molecule has 3 aromatic rings. The summed E-state index contributed by atoms with van der Waals surface area (Å²) in [6.45, 7) is 0.242. The molecule has 0 heterocycles. The number of thioether (sulfide) groups is 1. The van der Waals surface area contributed by atoms with Crippen LogP contribution in [0.4, 0.5) is 0 Å². The Hall–Kier alpha value is -2.18. The zero-order valence-electron chi connectivity index (χ0n) is 18.6. The van der Waals surface area contributed by atoms with Gasteiger partial charge in [-0.2, -0.15) is 0 Å². The second-order valence-electron chi connectivity index (χ2n) is 7.64. The van der Waals surface area contributed by atoms with Crippen LogP contribution in [0.1, 0.15) is 17.5 Å². The number of hydrogen-bond donors (Lipinski definition) is 1. The minimum atomic E-state index is -0.671. The largest absolute Gasteiger partial charge is 0.357 e. The van der Waals surface area contributed by atoms with Gasteiger partial charge in [0, 0.05) is 42.1 Å². The Morgan fingerprint density at radius 3 is 2.26 bits per heavy atom. The molecule has 8 heteroatoms. The van der Waals surface area contributed by atoms with Crippen molar-refractivity contribution in [1.29, 1.82) is 0 Å². The molecule has 3 aromatic carbocycles. The highest BCUT2D eigenvalue weighted by Gasteiger charge is 2.29. The summed E-state index contributed by atoms with van der Waals surface area (Å²) >= 11 is 19.8. The summed E-state index contributed by atoms with van der Waals surface area (Å²) < 4.78 is 0. The Balaban J connectivity index is 1.82. The summed E-state index contributed by atoms with van der Waals surface area (Å²) in [7, 11) is 1.58. The number of benzene rings is 3. The van der Waals surface area contributed by atoms with Gasteiger partial charge in [0.2, 0.25) is 11.8 Å². The lowest BCUT2D eigenvalue weighted by molar-refractivity contribution is -0.140. The first kappa shape index (κ1) is 26.4. The van der Waals surface area contributed by atoms with Gasteiger partial charge in [0.15, 0.2) is 0 Å². The van der Waals surface area contributed by atoms with Crippen molar-refractivity contribution < 1.29 is 9.59 Å². The molecule has 34 heavy (non-hydrogen) atoms. The molecule has 0 saturated carbocycles. The van der Waals surface area contributed by atoms with Crippen molar-refractivity contribution in [3.8, 4) is 0 Å². The Labute approximate surface area is 219 Å². The summed E-state index contributed by atoms with van der Waals surface area (Å²) in [5.41, 5.74) is 1.77. The van der Waals surface area contributed by atoms with Crippen molar-refractivity contribution in [2.75, 3.05) is 12.8 Å². The minimum Gasteiger partial charge on any atom is -0.357 e. The van der Waals surface area contributed by atoms with Gasteiger partial charge in [0.05, 0.1) is 10.0 Å². The van der Waals surface area contributed by atoms with E-state index in [1.165, 1.54) is 0 Å². The van der Waals surface area contributed by atoms with Gasteiger partial charge in [-0.05, 0) is 47.5 Å². The molecule has 0 spiro atoms. The van der Waals surface area contributed by atoms with Gasteiger partial charge in [-0.25, -0.2) is 0 Å². The molecule has 0 fully saturated rings.